The number of fused-ring (bicyclic) bond motifs is 1. The molecule has 0 saturated heterocycles. The third kappa shape index (κ3) is 3.77. The first-order valence-corrected chi connectivity index (χ1v) is 6.83. The number of hydrogen-bond donors (Lipinski definition) is 0. The second-order valence-corrected chi connectivity index (χ2v) is 4.94. The van der Waals surface area contributed by atoms with Crippen molar-refractivity contribution < 1.29 is 23.7 Å². The average Bonchev–Trinajstić information content (AvgIpc) is 2.43. The van der Waals surface area contributed by atoms with Crippen LogP contribution in [0.15, 0.2) is 12.1 Å². The molecule has 0 fully saturated rings. The van der Waals surface area contributed by atoms with Crippen LogP contribution in [0.5, 0.6) is 11.5 Å². The van der Waals surface area contributed by atoms with E-state index in [0.717, 1.165) is 0 Å². The molecule has 6 heteroatoms. The summed E-state index contributed by atoms with van der Waals surface area (Å²) in [6.07, 6.45) is 0.109. The molecular formula is C14H17ClO5. The second kappa shape index (κ2) is 6.81. The first-order chi connectivity index (χ1) is 9.58. The third-order valence-corrected chi connectivity index (χ3v) is 2.88. The SMILES string of the molecule is CC(C)OCCOC(=O)c1cc(Cl)c2c(c1)OCCO2. The van der Waals surface area contributed by atoms with Crippen molar-refractivity contribution in [1.82, 2.24) is 0 Å². The van der Waals surface area contributed by atoms with Crippen LogP contribution in [0, 0.1) is 0 Å². The third-order valence-electron chi connectivity index (χ3n) is 2.60. The van der Waals surface area contributed by atoms with Crippen molar-refractivity contribution in [3.8, 4) is 11.5 Å². The molecule has 0 aromatic heterocycles. The van der Waals surface area contributed by atoms with Gasteiger partial charge in [-0.05, 0) is 26.0 Å². The number of esters is 1. The summed E-state index contributed by atoms with van der Waals surface area (Å²) < 4.78 is 21.2. The Balaban J connectivity index is 1.98. The Hall–Kier alpha value is -1.46. The van der Waals surface area contributed by atoms with E-state index in [1.165, 1.54) is 6.07 Å². The first kappa shape index (κ1) is 14.9. The highest BCUT2D eigenvalue weighted by Gasteiger charge is 2.19. The highest BCUT2D eigenvalue weighted by Crippen LogP contribution is 2.38. The predicted octanol–water partition coefficient (Wildman–Crippen LogP) is 2.69. The molecular weight excluding hydrogens is 284 g/mol. The number of benzene rings is 1. The number of carbonyl (C=O) groups is 1. The largest absolute Gasteiger partial charge is 0.486 e. The van der Waals surface area contributed by atoms with Crippen LogP contribution in [0.4, 0.5) is 0 Å². The quantitative estimate of drug-likeness (QED) is 0.618. The van der Waals surface area contributed by atoms with Gasteiger partial charge < -0.3 is 18.9 Å². The fourth-order valence-electron chi connectivity index (χ4n) is 1.73. The first-order valence-electron chi connectivity index (χ1n) is 6.46. The summed E-state index contributed by atoms with van der Waals surface area (Å²) in [7, 11) is 0. The minimum atomic E-state index is -0.462. The molecule has 1 aromatic carbocycles. The van der Waals surface area contributed by atoms with Gasteiger partial charge in [-0.3, -0.25) is 0 Å². The maximum atomic E-state index is 11.9. The molecule has 110 valence electrons. The fraction of sp³-hybridized carbons (Fsp3) is 0.500. The van der Waals surface area contributed by atoms with E-state index < -0.39 is 5.97 Å². The number of hydrogen-bond acceptors (Lipinski definition) is 5. The van der Waals surface area contributed by atoms with Gasteiger partial charge in [-0.1, -0.05) is 11.6 Å². The van der Waals surface area contributed by atoms with Crippen molar-refractivity contribution in [3.63, 3.8) is 0 Å². The zero-order chi connectivity index (χ0) is 14.5. The van der Waals surface area contributed by atoms with Gasteiger partial charge in [0.2, 0.25) is 0 Å². The lowest BCUT2D eigenvalue weighted by molar-refractivity contribution is 0.0176. The van der Waals surface area contributed by atoms with Crippen LogP contribution >= 0.6 is 11.6 Å². The smallest absolute Gasteiger partial charge is 0.338 e. The van der Waals surface area contributed by atoms with Gasteiger partial charge in [-0.25, -0.2) is 4.79 Å². The molecule has 0 aliphatic carbocycles. The molecule has 0 amide bonds. The van der Waals surface area contributed by atoms with Crippen LogP contribution in [0.25, 0.3) is 0 Å². The molecule has 5 nitrogen and oxygen atoms in total. The van der Waals surface area contributed by atoms with E-state index >= 15 is 0 Å². The summed E-state index contributed by atoms with van der Waals surface area (Å²) in [5.74, 6) is 0.475. The maximum absolute atomic E-state index is 11.9. The van der Waals surface area contributed by atoms with Crippen LogP contribution in [0.1, 0.15) is 24.2 Å². The minimum absolute atomic E-state index is 0.109. The minimum Gasteiger partial charge on any atom is -0.486 e. The number of rotatable bonds is 5. The maximum Gasteiger partial charge on any atom is 0.338 e. The lowest BCUT2D eigenvalue weighted by Gasteiger charge is -2.20. The lowest BCUT2D eigenvalue weighted by atomic mass is 10.2. The monoisotopic (exact) mass is 300 g/mol. The lowest BCUT2D eigenvalue weighted by Crippen LogP contribution is -2.17. The average molecular weight is 301 g/mol. The van der Waals surface area contributed by atoms with Crippen molar-refractivity contribution in [2.24, 2.45) is 0 Å². The van der Waals surface area contributed by atoms with E-state index in [2.05, 4.69) is 0 Å². The highest BCUT2D eigenvalue weighted by molar-refractivity contribution is 6.32. The second-order valence-electron chi connectivity index (χ2n) is 4.54. The topological polar surface area (TPSA) is 54.0 Å². The van der Waals surface area contributed by atoms with Crippen LogP contribution in [0.2, 0.25) is 5.02 Å². The van der Waals surface area contributed by atoms with Crippen molar-refractivity contribution in [2.75, 3.05) is 26.4 Å². The van der Waals surface area contributed by atoms with Crippen molar-refractivity contribution in [1.29, 1.82) is 0 Å². The van der Waals surface area contributed by atoms with E-state index in [-0.39, 0.29) is 12.7 Å². The number of halogens is 1. The van der Waals surface area contributed by atoms with Crippen molar-refractivity contribution in [3.05, 3.63) is 22.7 Å². The van der Waals surface area contributed by atoms with E-state index in [4.69, 9.17) is 30.5 Å². The molecule has 20 heavy (non-hydrogen) atoms. The van der Waals surface area contributed by atoms with Crippen LogP contribution in [-0.4, -0.2) is 38.5 Å². The Labute approximate surface area is 122 Å². The molecule has 2 rings (SSSR count). The van der Waals surface area contributed by atoms with Gasteiger partial charge in [-0.2, -0.15) is 0 Å². The van der Waals surface area contributed by atoms with Crippen LogP contribution < -0.4 is 9.47 Å². The normalized spacial score (nSPS) is 13.4. The van der Waals surface area contributed by atoms with Gasteiger partial charge >= 0.3 is 5.97 Å². The molecule has 1 heterocycles. The van der Waals surface area contributed by atoms with Gasteiger partial charge in [0, 0.05) is 0 Å². The molecule has 0 unspecified atom stereocenters. The Morgan fingerprint density at radius 3 is 2.80 bits per heavy atom. The van der Waals surface area contributed by atoms with Gasteiger partial charge in [0.25, 0.3) is 0 Å². The van der Waals surface area contributed by atoms with Crippen LogP contribution in [-0.2, 0) is 9.47 Å². The summed E-state index contributed by atoms with van der Waals surface area (Å²) in [4.78, 5) is 11.9. The van der Waals surface area contributed by atoms with Gasteiger partial charge in [0.05, 0.1) is 23.3 Å². The van der Waals surface area contributed by atoms with Gasteiger partial charge in [0.15, 0.2) is 11.5 Å². The number of ether oxygens (including phenoxy) is 4. The molecule has 1 aromatic rings. The van der Waals surface area contributed by atoms with Crippen LogP contribution in [0.3, 0.4) is 0 Å². The zero-order valence-corrected chi connectivity index (χ0v) is 12.2. The Kier molecular flexibility index (Phi) is 5.09. The van der Waals surface area contributed by atoms with E-state index in [9.17, 15) is 4.79 Å². The summed E-state index contributed by atoms with van der Waals surface area (Å²) in [5, 5.41) is 0.340. The molecule has 0 atom stereocenters. The molecule has 1 aliphatic rings. The van der Waals surface area contributed by atoms with E-state index in [1.807, 2.05) is 13.8 Å². The molecule has 0 N–H and O–H groups in total. The highest BCUT2D eigenvalue weighted by atomic mass is 35.5. The number of carbonyl (C=O) groups excluding carboxylic acids is 1. The van der Waals surface area contributed by atoms with E-state index in [0.29, 0.717) is 41.9 Å². The molecule has 0 saturated carbocycles. The van der Waals surface area contributed by atoms with Crippen molar-refractivity contribution >= 4 is 17.6 Å². The Morgan fingerprint density at radius 1 is 1.30 bits per heavy atom. The fourth-order valence-corrected chi connectivity index (χ4v) is 2.00. The standard InChI is InChI=1S/C14H17ClO5/c1-9(2)17-3-6-20-14(16)10-7-11(15)13-12(8-10)18-4-5-19-13/h7-9H,3-6H2,1-2H3. The zero-order valence-electron chi connectivity index (χ0n) is 11.5. The Morgan fingerprint density at radius 2 is 2.05 bits per heavy atom. The van der Waals surface area contributed by atoms with Gasteiger partial charge in [-0.15, -0.1) is 0 Å². The molecule has 1 aliphatic heterocycles. The Bertz CT molecular complexity index is 487. The predicted molar refractivity (Wildman–Crippen MR) is 73.8 cm³/mol. The van der Waals surface area contributed by atoms with E-state index in [1.54, 1.807) is 6.07 Å². The summed E-state index contributed by atoms with van der Waals surface area (Å²) in [5.41, 5.74) is 0.337. The summed E-state index contributed by atoms with van der Waals surface area (Å²) in [6.45, 7) is 5.28. The molecule has 0 spiro atoms. The summed E-state index contributed by atoms with van der Waals surface area (Å²) in [6, 6.07) is 3.09. The van der Waals surface area contributed by atoms with Crippen molar-refractivity contribution in [2.45, 2.75) is 20.0 Å². The molecule has 0 bridgehead atoms. The summed E-state index contributed by atoms with van der Waals surface area (Å²) >= 11 is 6.06. The van der Waals surface area contributed by atoms with Gasteiger partial charge in [0.1, 0.15) is 19.8 Å². The molecule has 0 radical (unpaired) electrons.